The van der Waals surface area contributed by atoms with Crippen molar-refractivity contribution in [1.29, 1.82) is 0 Å². The molecular formula is C28H39ClF3N5O2. The van der Waals surface area contributed by atoms with Crippen LogP contribution >= 0.6 is 11.6 Å². The van der Waals surface area contributed by atoms with Gasteiger partial charge in [-0.15, -0.1) is 0 Å². The molecule has 1 aromatic carbocycles. The number of pyridine rings is 1. The molecule has 0 bridgehead atoms. The van der Waals surface area contributed by atoms with Crippen molar-refractivity contribution >= 4 is 40.1 Å². The highest BCUT2D eigenvalue weighted by atomic mass is 35.5. The lowest BCUT2D eigenvalue weighted by molar-refractivity contribution is -0.141. The van der Waals surface area contributed by atoms with Gasteiger partial charge in [-0.25, -0.2) is 9.78 Å². The van der Waals surface area contributed by atoms with Crippen molar-refractivity contribution in [3.63, 3.8) is 0 Å². The number of carbonyl (C=O) groups excluding carboxylic acids is 2. The molecule has 1 fully saturated rings. The normalized spacial score (nSPS) is 19.4. The SMILES string of the molecule is CN(c1cc(C(F)(F)F)nc2ccc(Cl)cc12)C1CCC(NC(=O)[C@@H](NC(=O)NC(C)(C)C)C(C)(C)C)CC1. The van der Waals surface area contributed by atoms with E-state index >= 15 is 0 Å². The summed E-state index contributed by atoms with van der Waals surface area (Å²) in [4.78, 5) is 31.4. The minimum atomic E-state index is -4.58. The fraction of sp³-hybridized carbons (Fsp3) is 0.607. The van der Waals surface area contributed by atoms with E-state index in [0.29, 0.717) is 41.8 Å². The van der Waals surface area contributed by atoms with Gasteiger partial charge in [0.2, 0.25) is 5.91 Å². The summed E-state index contributed by atoms with van der Waals surface area (Å²) in [5, 5.41) is 9.70. The zero-order chi connectivity index (χ0) is 29.3. The smallest absolute Gasteiger partial charge is 0.371 e. The second kappa shape index (κ2) is 11.4. The van der Waals surface area contributed by atoms with Gasteiger partial charge < -0.3 is 20.9 Å². The van der Waals surface area contributed by atoms with E-state index in [9.17, 15) is 22.8 Å². The zero-order valence-corrected chi connectivity index (χ0v) is 24.3. The lowest BCUT2D eigenvalue weighted by atomic mass is 9.85. The topological polar surface area (TPSA) is 86.4 Å². The number of anilines is 1. The van der Waals surface area contributed by atoms with Crippen molar-refractivity contribution in [2.75, 3.05) is 11.9 Å². The molecule has 3 amide bonds. The van der Waals surface area contributed by atoms with E-state index in [1.807, 2.05) is 46.4 Å². The number of halogens is 4. The zero-order valence-electron chi connectivity index (χ0n) is 23.6. The van der Waals surface area contributed by atoms with Crippen molar-refractivity contribution in [3.05, 3.63) is 35.0 Å². The number of aromatic nitrogens is 1. The summed E-state index contributed by atoms with van der Waals surface area (Å²) < 4.78 is 40.8. The average Bonchev–Trinajstić information content (AvgIpc) is 2.79. The highest BCUT2D eigenvalue weighted by Gasteiger charge is 2.37. The standard InChI is InChI=1S/C28H39ClF3N5O2/c1-26(2,3)23(35-25(39)36-27(4,5)6)24(38)33-17-9-11-18(12-10-17)37(7)21-15-22(28(30,31)32)34-20-13-8-16(29)14-19(20)21/h8,13-15,17-18,23H,9-12H2,1-7H3,(H,33,38)(H2,35,36,39)/t17?,18?,23-/m1/s1. The van der Waals surface area contributed by atoms with Crippen molar-refractivity contribution in [2.45, 2.75) is 97.1 Å². The molecule has 2 aromatic rings. The van der Waals surface area contributed by atoms with Crippen LogP contribution in [0, 0.1) is 5.41 Å². The average molecular weight is 570 g/mol. The van der Waals surface area contributed by atoms with Gasteiger partial charge in [-0.3, -0.25) is 4.79 Å². The van der Waals surface area contributed by atoms with Crippen molar-refractivity contribution in [3.8, 4) is 0 Å². The number of rotatable bonds is 5. The minimum absolute atomic E-state index is 0.0297. The molecule has 0 radical (unpaired) electrons. The van der Waals surface area contributed by atoms with E-state index in [1.165, 1.54) is 12.1 Å². The number of hydrogen-bond donors (Lipinski definition) is 3. The van der Waals surface area contributed by atoms with Gasteiger partial charge in [0.25, 0.3) is 0 Å². The van der Waals surface area contributed by atoms with Gasteiger partial charge in [0.1, 0.15) is 11.7 Å². The molecule has 1 aromatic heterocycles. The third-order valence-corrected chi connectivity index (χ3v) is 7.14. The highest BCUT2D eigenvalue weighted by Crippen LogP contribution is 2.37. The van der Waals surface area contributed by atoms with Crippen molar-refractivity contribution in [1.82, 2.24) is 20.9 Å². The summed E-state index contributed by atoms with van der Waals surface area (Å²) in [6, 6.07) is 4.46. The Kier molecular flexibility index (Phi) is 8.99. The summed E-state index contributed by atoms with van der Waals surface area (Å²) in [7, 11) is 1.78. The van der Waals surface area contributed by atoms with Crippen molar-refractivity contribution < 1.29 is 22.8 Å². The second-order valence-corrected chi connectivity index (χ2v) is 12.9. The number of nitrogens with one attached hydrogen (secondary N) is 3. The fourth-order valence-electron chi connectivity index (χ4n) is 4.89. The van der Waals surface area contributed by atoms with Gasteiger partial charge in [-0.2, -0.15) is 13.2 Å². The van der Waals surface area contributed by atoms with E-state index in [4.69, 9.17) is 11.6 Å². The molecule has 3 N–H and O–H groups in total. The molecule has 1 heterocycles. The maximum Gasteiger partial charge on any atom is 0.433 e. The van der Waals surface area contributed by atoms with E-state index in [0.717, 1.165) is 6.07 Å². The quantitative estimate of drug-likeness (QED) is 0.395. The summed E-state index contributed by atoms with van der Waals surface area (Å²) in [6.45, 7) is 11.3. The highest BCUT2D eigenvalue weighted by molar-refractivity contribution is 6.31. The number of carbonyl (C=O) groups is 2. The van der Waals surface area contributed by atoms with Crippen LogP contribution < -0.4 is 20.9 Å². The van der Waals surface area contributed by atoms with Gasteiger partial charge in [-0.1, -0.05) is 32.4 Å². The molecule has 0 aliphatic heterocycles. The minimum Gasteiger partial charge on any atom is -0.371 e. The van der Waals surface area contributed by atoms with Crippen LogP contribution in [0.4, 0.5) is 23.7 Å². The molecule has 1 aliphatic carbocycles. The predicted octanol–water partition coefficient (Wildman–Crippen LogP) is 6.28. The lowest BCUT2D eigenvalue weighted by Crippen LogP contribution is -2.59. The summed E-state index contributed by atoms with van der Waals surface area (Å²) >= 11 is 6.16. The Balaban J connectivity index is 1.71. The number of urea groups is 1. The first-order valence-corrected chi connectivity index (χ1v) is 13.5. The van der Waals surface area contributed by atoms with Crippen LogP contribution in [0.1, 0.15) is 72.9 Å². The number of nitrogens with zero attached hydrogens (tertiary/aromatic N) is 2. The Labute approximate surface area is 233 Å². The van der Waals surface area contributed by atoms with Crippen LogP contribution in [0.2, 0.25) is 5.02 Å². The Bertz CT molecular complexity index is 1200. The van der Waals surface area contributed by atoms with Crippen LogP contribution in [-0.4, -0.2) is 47.6 Å². The Hall–Kier alpha value is -2.75. The molecule has 1 atom stereocenters. The number of alkyl halides is 3. The van der Waals surface area contributed by atoms with E-state index in [1.54, 1.807) is 13.1 Å². The maximum absolute atomic E-state index is 13.6. The third kappa shape index (κ3) is 8.13. The van der Waals surface area contributed by atoms with E-state index < -0.39 is 34.9 Å². The van der Waals surface area contributed by atoms with E-state index in [2.05, 4.69) is 20.9 Å². The Morgan fingerprint density at radius 1 is 1.03 bits per heavy atom. The first kappa shape index (κ1) is 30.8. The first-order valence-electron chi connectivity index (χ1n) is 13.1. The predicted molar refractivity (Wildman–Crippen MR) is 149 cm³/mol. The number of benzene rings is 1. The molecular weight excluding hydrogens is 531 g/mol. The molecule has 11 heteroatoms. The van der Waals surface area contributed by atoms with Crippen molar-refractivity contribution in [2.24, 2.45) is 5.41 Å². The number of hydrogen-bond acceptors (Lipinski definition) is 4. The molecule has 0 spiro atoms. The molecule has 39 heavy (non-hydrogen) atoms. The monoisotopic (exact) mass is 569 g/mol. The lowest BCUT2D eigenvalue weighted by Gasteiger charge is -2.38. The van der Waals surface area contributed by atoms with Gasteiger partial charge in [0, 0.05) is 40.8 Å². The van der Waals surface area contributed by atoms with Crippen LogP contribution in [0.15, 0.2) is 24.3 Å². The third-order valence-electron chi connectivity index (χ3n) is 6.90. The van der Waals surface area contributed by atoms with Crippen LogP contribution in [0.5, 0.6) is 0 Å². The Morgan fingerprint density at radius 2 is 1.64 bits per heavy atom. The largest absolute Gasteiger partial charge is 0.433 e. The van der Waals surface area contributed by atoms with Crippen LogP contribution in [0.25, 0.3) is 10.9 Å². The fourth-order valence-corrected chi connectivity index (χ4v) is 5.06. The molecule has 1 saturated carbocycles. The van der Waals surface area contributed by atoms with Crippen LogP contribution in [0.3, 0.4) is 0 Å². The summed E-state index contributed by atoms with van der Waals surface area (Å²) in [5.41, 5.74) is -1.26. The molecule has 1 aliphatic rings. The van der Waals surface area contributed by atoms with Crippen LogP contribution in [-0.2, 0) is 11.0 Å². The number of fused-ring (bicyclic) bond motifs is 1. The molecule has 0 unspecified atom stereocenters. The molecule has 3 rings (SSSR count). The number of amides is 3. The Morgan fingerprint density at radius 3 is 2.18 bits per heavy atom. The second-order valence-electron chi connectivity index (χ2n) is 12.5. The van der Waals surface area contributed by atoms with Gasteiger partial charge >= 0.3 is 12.2 Å². The van der Waals surface area contributed by atoms with E-state index in [-0.39, 0.29) is 23.5 Å². The van der Waals surface area contributed by atoms with Gasteiger partial charge in [0.15, 0.2) is 0 Å². The maximum atomic E-state index is 13.6. The molecule has 216 valence electrons. The van der Waals surface area contributed by atoms with Gasteiger partial charge in [0.05, 0.1) is 5.52 Å². The van der Waals surface area contributed by atoms with Gasteiger partial charge in [-0.05, 0) is 76.1 Å². The summed E-state index contributed by atoms with van der Waals surface area (Å²) in [6.07, 6.45) is -1.92. The molecule has 0 saturated heterocycles. The first-order chi connectivity index (χ1) is 17.8. The molecule has 7 nitrogen and oxygen atoms in total. The summed E-state index contributed by atoms with van der Waals surface area (Å²) in [5.74, 6) is -0.257.